The number of hydrogen-bond acceptors (Lipinski definition) is 3. The fraction of sp³-hybridized carbons (Fsp3) is 0.167. The summed E-state index contributed by atoms with van der Waals surface area (Å²) in [6, 6.07) is 14.3. The summed E-state index contributed by atoms with van der Waals surface area (Å²) in [6.45, 7) is 2.04. The lowest BCUT2D eigenvalue weighted by Gasteiger charge is -2.07. The van der Waals surface area contributed by atoms with Crippen LogP contribution in [0.2, 0.25) is 0 Å². The Morgan fingerprint density at radius 1 is 1.13 bits per heavy atom. The fourth-order valence-electron chi connectivity index (χ4n) is 2.47. The van der Waals surface area contributed by atoms with Crippen LogP contribution in [0.4, 0.5) is 4.39 Å². The van der Waals surface area contributed by atoms with Gasteiger partial charge in [0.2, 0.25) is 0 Å². The molecule has 0 fully saturated rings. The fourth-order valence-corrected chi connectivity index (χ4v) is 2.47. The van der Waals surface area contributed by atoms with Gasteiger partial charge >= 0.3 is 0 Å². The van der Waals surface area contributed by atoms with Crippen molar-refractivity contribution in [2.24, 2.45) is 0 Å². The van der Waals surface area contributed by atoms with E-state index in [2.05, 4.69) is 34.6 Å². The quantitative estimate of drug-likeness (QED) is 0.679. The summed E-state index contributed by atoms with van der Waals surface area (Å²) >= 11 is 0. The van der Waals surface area contributed by atoms with Crippen LogP contribution in [0.15, 0.2) is 48.5 Å². The average Bonchev–Trinajstić information content (AvgIpc) is 2.97. The van der Waals surface area contributed by atoms with Gasteiger partial charge in [0.15, 0.2) is 6.29 Å². The van der Waals surface area contributed by atoms with Gasteiger partial charge in [0, 0.05) is 0 Å². The molecule has 0 aliphatic heterocycles. The summed E-state index contributed by atoms with van der Waals surface area (Å²) in [7, 11) is 0. The molecule has 0 aliphatic carbocycles. The van der Waals surface area contributed by atoms with Crippen LogP contribution < -0.4 is 0 Å². The van der Waals surface area contributed by atoms with Crippen LogP contribution >= 0.6 is 0 Å². The molecule has 0 unspecified atom stereocenters. The first kappa shape index (κ1) is 15.1. The van der Waals surface area contributed by atoms with E-state index >= 15 is 0 Å². The Morgan fingerprint density at radius 2 is 1.91 bits per heavy atom. The number of aromatic nitrogens is 3. The van der Waals surface area contributed by atoms with Gasteiger partial charge in [-0.3, -0.25) is 4.79 Å². The SMILES string of the molecule is Cc1ccc(CCc2c(C=O)nnn2-c2cccc(F)c2)cc1. The Bertz CT molecular complexity index is 825. The summed E-state index contributed by atoms with van der Waals surface area (Å²) in [4.78, 5) is 11.2. The molecule has 3 aromatic rings. The third-order valence-corrected chi connectivity index (χ3v) is 3.73. The molecule has 2 aromatic carbocycles. The predicted octanol–water partition coefficient (Wildman–Crippen LogP) is 3.31. The van der Waals surface area contributed by atoms with Gasteiger partial charge in [-0.25, -0.2) is 9.07 Å². The molecule has 5 heteroatoms. The summed E-state index contributed by atoms with van der Waals surface area (Å²) in [5, 5.41) is 7.88. The number of aryl methyl sites for hydroxylation is 2. The highest BCUT2D eigenvalue weighted by Crippen LogP contribution is 2.16. The molecule has 0 spiro atoms. The Labute approximate surface area is 133 Å². The van der Waals surface area contributed by atoms with Crippen molar-refractivity contribution in [2.75, 3.05) is 0 Å². The standard InChI is InChI=1S/C18H16FN3O/c1-13-5-7-14(8-6-13)9-10-18-17(12-23)20-21-22(18)16-4-2-3-15(19)11-16/h2-8,11-12H,9-10H2,1H3. The second kappa shape index (κ2) is 6.52. The van der Waals surface area contributed by atoms with Gasteiger partial charge in [-0.15, -0.1) is 5.10 Å². The van der Waals surface area contributed by atoms with Crippen LogP contribution in [0.3, 0.4) is 0 Å². The van der Waals surface area contributed by atoms with Gasteiger partial charge < -0.3 is 0 Å². The molecule has 0 saturated carbocycles. The minimum atomic E-state index is -0.352. The largest absolute Gasteiger partial charge is 0.296 e. The number of carbonyl (C=O) groups is 1. The van der Waals surface area contributed by atoms with E-state index in [-0.39, 0.29) is 5.82 Å². The van der Waals surface area contributed by atoms with Crippen LogP contribution in [-0.4, -0.2) is 21.3 Å². The van der Waals surface area contributed by atoms with E-state index in [9.17, 15) is 9.18 Å². The zero-order chi connectivity index (χ0) is 16.2. The molecule has 23 heavy (non-hydrogen) atoms. The molecule has 1 heterocycles. The number of aldehydes is 1. The average molecular weight is 309 g/mol. The van der Waals surface area contributed by atoms with E-state index in [0.29, 0.717) is 29.8 Å². The number of halogens is 1. The van der Waals surface area contributed by atoms with Crippen molar-refractivity contribution >= 4 is 6.29 Å². The van der Waals surface area contributed by atoms with Gasteiger partial charge in [-0.05, 0) is 43.5 Å². The van der Waals surface area contributed by atoms with E-state index < -0.39 is 0 Å². The van der Waals surface area contributed by atoms with Crippen LogP contribution in [0.1, 0.15) is 27.3 Å². The Balaban J connectivity index is 1.89. The number of hydrogen-bond donors (Lipinski definition) is 0. The molecule has 0 radical (unpaired) electrons. The third-order valence-electron chi connectivity index (χ3n) is 3.73. The topological polar surface area (TPSA) is 47.8 Å². The lowest BCUT2D eigenvalue weighted by molar-refractivity contribution is 0.111. The predicted molar refractivity (Wildman–Crippen MR) is 85.3 cm³/mol. The summed E-state index contributed by atoms with van der Waals surface area (Å²) in [6.07, 6.45) is 2.04. The molecule has 0 N–H and O–H groups in total. The number of carbonyl (C=O) groups excluding carboxylic acids is 1. The minimum absolute atomic E-state index is 0.293. The van der Waals surface area contributed by atoms with Gasteiger partial charge in [0.1, 0.15) is 11.5 Å². The molecule has 3 rings (SSSR count). The van der Waals surface area contributed by atoms with Gasteiger partial charge in [0.25, 0.3) is 0 Å². The van der Waals surface area contributed by atoms with Crippen molar-refractivity contribution < 1.29 is 9.18 Å². The van der Waals surface area contributed by atoms with Crippen LogP contribution in [-0.2, 0) is 12.8 Å². The summed E-state index contributed by atoms with van der Waals surface area (Å²) in [5.74, 6) is -0.352. The second-order valence-electron chi connectivity index (χ2n) is 5.42. The van der Waals surface area contributed by atoms with Crippen LogP contribution in [0, 0.1) is 12.7 Å². The monoisotopic (exact) mass is 309 g/mol. The van der Waals surface area contributed by atoms with Crippen LogP contribution in [0.5, 0.6) is 0 Å². The van der Waals surface area contributed by atoms with Gasteiger partial charge in [-0.1, -0.05) is 41.1 Å². The molecule has 0 bridgehead atoms. The Hall–Kier alpha value is -2.82. The molecule has 0 aliphatic rings. The Kier molecular flexibility index (Phi) is 4.28. The highest BCUT2D eigenvalue weighted by atomic mass is 19.1. The molecule has 0 amide bonds. The van der Waals surface area contributed by atoms with E-state index in [1.54, 1.807) is 12.1 Å². The number of benzene rings is 2. The molecule has 4 nitrogen and oxygen atoms in total. The molecular weight excluding hydrogens is 293 g/mol. The van der Waals surface area contributed by atoms with Gasteiger partial charge in [-0.2, -0.15) is 0 Å². The molecule has 1 aromatic heterocycles. The first-order chi connectivity index (χ1) is 11.2. The first-order valence-electron chi connectivity index (χ1n) is 7.38. The molecule has 0 saturated heterocycles. The highest BCUT2D eigenvalue weighted by molar-refractivity contribution is 5.73. The van der Waals surface area contributed by atoms with Crippen molar-refractivity contribution in [1.82, 2.24) is 15.0 Å². The van der Waals surface area contributed by atoms with E-state index in [1.807, 2.05) is 6.92 Å². The van der Waals surface area contributed by atoms with Crippen LogP contribution in [0.25, 0.3) is 5.69 Å². The molecule has 116 valence electrons. The third kappa shape index (κ3) is 3.34. The maximum absolute atomic E-state index is 13.4. The van der Waals surface area contributed by atoms with Crippen molar-refractivity contribution in [1.29, 1.82) is 0 Å². The lowest BCUT2D eigenvalue weighted by Crippen LogP contribution is -2.06. The smallest absolute Gasteiger partial charge is 0.172 e. The zero-order valence-corrected chi connectivity index (χ0v) is 12.7. The maximum Gasteiger partial charge on any atom is 0.172 e. The van der Waals surface area contributed by atoms with Crippen molar-refractivity contribution in [3.63, 3.8) is 0 Å². The van der Waals surface area contributed by atoms with E-state index in [0.717, 1.165) is 6.42 Å². The van der Waals surface area contributed by atoms with Crippen molar-refractivity contribution in [2.45, 2.75) is 19.8 Å². The van der Waals surface area contributed by atoms with E-state index in [1.165, 1.54) is 27.9 Å². The normalized spacial score (nSPS) is 10.7. The highest BCUT2D eigenvalue weighted by Gasteiger charge is 2.14. The molecular formula is C18H16FN3O. The summed E-state index contributed by atoms with van der Waals surface area (Å²) < 4.78 is 15.0. The Morgan fingerprint density at radius 3 is 2.61 bits per heavy atom. The second-order valence-corrected chi connectivity index (χ2v) is 5.42. The molecule has 0 atom stereocenters. The van der Waals surface area contributed by atoms with Crippen molar-refractivity contribution in [3.8, 4) is 5.69 Å². The zero-order valence-electron chi connectivity index (χ0n) is 12.7. The maximum atomic E-state index is 13.4. The van der Waals surface area contributed by atoms with E-state index in [4.69, 9.17) is 0 Å². The summed E-state index contributed by atoms with van der Waals surface area (Å²) in [5.41, 5.74) is 3.91. The lowest BCUT2D eigenvalue weighted by atomic mass is 10.1. The minimum Gasteiger partial charge on any atom is -0.296 e. The first-order valence-corrected chi connectivity index (χ1v) is 7.38. The van der Waals surface area contributed by atoms with Crippen molar-refractivity contribution in [3.05, 3.63) is 76.9 Å². The number of rotatable bonds is 5. The van der Waals surface area contributed by atoms with Gasteiger partial charge in [0.05, 0.1) is 11.4 Å². The number of nitrogens with zero attached hydrogens (tertiary/aromatic N) is 3.